The highest BCUT2D eigenvalue weighted by molar-refractivity contribution is 5.91. The van der Waals surface area contributed by atoms with Gasteiger partial charge in [0.1, 0.15) is 0 Å². The Morgan fingerprint density at radius 2 is 1.42 bits per heavy atom. The van der Waals surface area contributed by atoms with Gasteiger partial charge in [-0.3, -0.25) is 14.6 Å². The molecule has 0 bridgehead atoms. The Kier molecular flexibility index (Phi) is 4.88. The van der Waals surface area contributed by atoms with Gasteiger partial charge >= 0.3 is 0 Å². The van der Waals surface area contributed by atoms with Gasteiger partial charge < -0.3 is 9.13 Å². The van der Waals surface area contributed by atoms with Gasteiger partial charge in [-0.15, -0.1) is 0 Å². The van der Waals surface area contributed by atoms with E-state index in [0.29, 0.717) is 34.9 Å². The fourth-order valence-electron chi connectivity index (χ4n) is 3.77. The summed E-state index contributed by atoms with van der Waals surface area (Å²) in [5, 5.41) is 0.889. The van der Waals surface area contributed by atoms with Gasteiger partial charge in [0.15, 0.2) is 0 Å². The maximum Gasteiger partial charge on any atom is 0.260 e. The topological polar surface area (TPSA) is 69.8 Å². The van der Waals surface area contributed by atoms with E-state index in [-0.39, 0.29) is 11.1 Å². The minimum atomic E-state index is -0.184. The lowest BCUT2D eigenvalue weighted by molar-refractivity contribution is 0.675. The van der Waals surface area contributed by atoms with E-state index >= 15 is 0 Å². The first-order chi connectivity index (χ1) is 15.2. The van der Waals surface area contributed by atoms with E-state index in [4.69, 9.17) is 0 Å². The van der Waals surface area contributed by atoms with Crippen LogP contribution in [0.4, 0.5) is 0 Å². The Bertz CT molecular complexity index is 1490. The summed E-state index contributed by atoms with van der Waals surface area (Å²) in [7, 11) is 0. The molecule has 0 spiro atoms. The maximum absolute atomic E-state index is 13.1. The molecule has 5 aromatic rings. The molecule has 0 saturated carbocycles. The van der Waals surface area contributed by atoms with Gasteiger partial charge in [0.2, 0.25) is 0 Å². The van der Waals surface area contributed by atoms with E-state index in [1.54, 1.807) is 39.9 Å². The number of pyridine rings is 4. The minimum Gasteiger partial charge on any atom is -0.315 e. The van der Waals surface area contributed by atoms with Gasteiger partial charge in [0, 0.05) is 25.1 Å². The van der Waals surface area contributed by atoms with Crippen molar-refractivity contribution in [1.82, 2.24) is 19.1 Å². The Balaban J connectivity index is 1.55. The number of aryl methyl sites for hydroxylation is 2. The molecule has 6 heteroatoms. The van der Waals surface area contributed by atoms with Crippen molar-refractivity contribution >= 4 is 21.8 Å². The Morgan fingerprint density at radius 1 is 0.742 bits per heavy atom. The van der Waals surface area contributed by atoms with Crippen LogP contribution >= 0.6 is 0 Å². The molecule has 1 aromatic carbocycles. The van der Waals surface area contributed by atoms with Gasteiger partial charge in [-0.05, 0) is 42.3 Å². The molecular formula is C25H20N4O2. The monoisotopic (exact) mass is 408 g/mol. The molecule has 31 heavy (non-hydrogen) atoms. The zero-order valence-corrected chi connectivity index (χ0v) is 16.8. The molecule has 0 fully saturated rings. The molecule has 0 aliphatic heterocycles. The molecule has 6 nitrogen and oxygen atoms in total. The standard InChI is InChI=1S/C25H20N4O2/c30-24-20-16-21-23(11-15-29(25(21)31)17-19-8-4-5-12-26-19)27-22(20)10-14-28(24)13-9-18-6-2-1-3-7-18/h1-8,10-12,14-16H,9,13,17H2. The maximum atomic E-state index is 13.1. The molecule has 0 atom stereocenters. The third-order valence-electron chi connectivity index (χ3n) is 5.43. The van der Waals surface area contributed by atoms with Crippen LogP contribution in [0.1, 0.15) is 11.3 Å². The zero-order chi connectivity index (χ0) is 21.2. The molecule has 4 heterocycles. The molecule has 5 rings (SSSR count). The Morgan fingerprint density at radius 3 is 2.13 bits per heavy atom. The molecule has 0 amide bonds. The summed E-state index contributed by atoms with van der Waals surface area (Å²) in [4.78, 5) is 35.0. The predicted octanol–water partition coefficient (Wildman–Crippen LogP) is 3.40. The van der Waals surface area contributed by atoms with Gasteiger partial charge in [-0.2, -0.15) is 0 Å². The summed E-state index contributed by atoms with van der Waals surface area (Å²) >= 11 is 0. The van der Waals surface area contributed by atoms with Crippen molar-refractivity contribution in [3.8, 4) is 0 Å². The summed E-state index contributed by atoms with van der Waals surface area (Å²) < 4.78 is 3.27. The lowest BCUT2D eigenvalue weighted by Crippen LogP contribution is -2.23. The van der Waals surface area contributed by atoms with Gasteiger partial charge in [-0.1, -0.05) is 36.4 Å². The quantitative estimate of drug-likeness (QED) is 0.418. The van der Waals surface area contributed by atoms with Crippen LogP contribution in [-0.4, -0.2) is 19.1 Å². The summed E-state index contributed by atoms with van der Waals surface area (Å²) in [6.07, 6.45) is 5.95. The fourth-order valence-corrected chi connectivity index (χ4v) is 3.77. The predicted molar refractivity (Wildman–Crippen MR) is 121 cm³/mol. The van der Waals surface area contributed by atoms with Crippen molar-refractivity contribution in [3.63, 3.8) is 0 Å². The van der Waals surface area contributed by atoms with E-state index in [9.17, 15) is 9.59 Å². The van der Waals surface area contributed by atoms with Crippen LogP contribution in [-0.2, 0) is 19.5 Å². The molecule has 0 radical (unpaired) electrons. The highest BCUT2D eigenvalue weighted by Gasteiger charge is 2.10. The molecule has 0 unspecified atom stereocenters. The first-order valence-electron chi connectivity index (χ1n) is 10.2. The second-order valence-electron chi connectivity index (χ2n) is 7.47. The van der Waals surface area contributed by atoms with Crippen LogP contribution < -0.4 is 11.1 Å². The molecular weight excluding hydrogens is 388 g/mol. The molecule has 0 N–H and O–H groups in total. The third kappa shape index (κ3) is 3.75. The van der Waals surface area contributed by atoms with E-state index in [0.717, 1.165) is 12.1 Å². The first kappa shape index (κ1) is 18.9. The second-order valence-corrected chi connectivity index (χ2v) is 7.47. The fraction of sp³-hybridized carbons (Fsp3) is 0.120. The normalized spacial score (nSPS) is 11.2. The number of benzene rings is 1. The van der Waals surface area contributed by atoms with E-state index < -0.39 is 0 Å². The van der Waals surface area contributed by atoms with E-state index in [2.05, 4.69) is 9.97 Å². The van der Waals surface area contributed by atoms with Gasteiger partial charge in [-0.25, -0.2) is 4.98 Å². The average molecular weight is 408 g/mol. The van der Waals surface area contributed by atoms with Crippen LogP contribution in [0.5, 0.6) is 0 Å². The SMILES string of the molecule is O=c1c2cc3c(=O)n(Cc4ccccn4)ccc3nc2ccn1CCc1ccccc1. The van der Waals surface area contributed by atoms with Crippen LogP contribution in [0, 0.1) is 0 Å². The molecule has 0 aliphatic carbocycles. The summed E-state index contributed by atoms with van der Waals surface area (Å²) in [5.41, 5.74) is 2.81. The summed E-state index contributed by atoms with van der Waals surface area (Å²) in [6, 6.07) is 21.0. The molecule has 152 valence electrons. The summed E-state index contributed by atoms with van der Waals surface area (Å²) in [5.74, 6) is 0. The highest BCUT2D eigenvalue weighted by atomic mass is 16.1. The average Bonchev–Trinajstić information content (AvgIpc) is 2.81. The number of nitrogens with zero attached hydrogens (tertiary/aromatic N) is 4. The Hall–Kier alpha value is -4.06. The van der Waals surface area contributed by atoms with Crippen molar-refractivity contribution in [2.45, 2.75) is 19.5 Å². The van der Waals surface area contributed by atoms with Gasteiger partial charge in [0.25, 0.3) is 11.1 Å². The number of aromatic nitrogens is 4. The lowest BCUT2D eigenvalue weighted by Gasteiger charge is -2.09. The van der Waals surface area contributed by atoms with Crippen LogP contribution in [0.25, 0.3) is 21.8 Å². The summed E-state index contributed by atoms with van der Waals surface area (Å²) in [6.45, 7) is 0.930. The van der Waals surface area contributed by atoms with E-state index in [1.807, 2.05) is 54.6 Å². The van der Waals surface area contributed by atoms with Crippen molar-refractivity contribution < 1.29 is 0 Å². The molecule has 4 aromatic heterocycles. The van der Waals surface area contributed by atoms with Crippen molar-refractivity contribution in [1.29, 1.82) is 0 Å². The Labute approximate surface area is 178 Å². The van der Waals surface area contributed by atoms with Crippen molar-refractivity contribution in [2.75, 3.05) is 0 Å². The van der Waals surface area contributed by atoms with Crippen LogP contribution in [0.15, 0.2) is 94.9 Å². The largest absolute Gasteiger partial charge is 0.315 e. The number of fused-ring (bicyclic) bond motifs is 2. The first-order valence-corrected chi connectivity index (χ1v) is 10.2. The number of hydrogen-bond donors (Lipinski definition) is 0. The molecule has 0 saturated heterocycles. The zero-order valence-electron chi connectivity index (χ0n) is 16.8. The second kappa shape index (κ2) is 7.99. The van der Waals surface area contributed by atoms with Gasteiger partial charge in [0.05, 0.1) is 34.0 Å². The third-order valence-corrected chi connectivity index (χ3v) is 5.43. The van der Waals surface area contributed by atoms with E-state index in [1.165, 1.54) is 5.56 Å². The minimum absolute atomic E-state index is 0.137. The van der Waals surface area contributed by atoms with Crippen LogP contribution in [0.3, 0.4) is 0 Å². The number of hydrogen-bond acceptors (Lipinski definition) is 4. The lowest BCUT2D eigenvalue weighted by atomic mass is 10.1. The number of rotatable bonds is 5. The van der Waals surface area contributed by atoms with Crippen LogP contribution in [0.2, 0.25) is 0 Å². The smallest absolute Gasteiger partial charge is 0.260 e. The molecule has 0 aliphatic rings. The van der Waals surface area contributed by atoms with Crippen molar-refractivity contribution in [3.05, 3.63) is 117 Å². The highest BCUT2D eigenvalue weighted by Crippen LogP contribution is 2.15. The van der Waals surface area contributed by atoms with Crippen molar-refractivity contribution in [2.24, 2.45) is 0 Å².